The van der Waals surface area contributed by atoms with Crippen molar-refractivity contribution in [2.24, 2.45) is 0 Å². The molecule has 0 spiro atoms. The lowest BCUT2D eigenvalue weighted by atomic mass is 10.1. The third-order valence-corrected chi connectivity index (χ3v) is 6.63. The molecule has 212 valence electrons. The van der Waals surface area contributed by atoms with E-state index in [0.717, 1.165) is 25.1 Å². The van der Waals surface area contributed by atoms with Crippen molar-refractivity contribution in [1.29, 1.82) is 0 Å². The smallest absolute Gasteiger partial charge is 0.405 e. The number of nitrogens with one attached hydrogen (secondary N) is 2. The largest absolute Gasteiger partial charge is 0.573 e. The summed E-state index contributed by atoms with van der Waals surface area (Å²) in [7, 11) is 3.53. The van der Waals surface area contributed by atoms with E-state index in [1.54, 1.807) is 37.4 Å². The molecule has 2 amide bonds. The van der Waals surface area contributed by atoms with Gasteiger partial charge in [0.2, 0.25) is 0 Å². The SMILES string of the molecule is CN1CCC(N(C)C(=O)c2ccc(CN(Cc3ccccc3)C(=O)c3cc(=O)[nH]c(=O)[nH]3)c(OC(F)(F)F)c2)C1. The minimum Gasteiger partial charge on any atom is -0.405 e. The number of nitrogens with zero attached hydrogens (tertiary/aromatic N) is 3. The Morgan fingerprint density at radius 2 is 1.75 bits per heavy atom. The van der Waals surface area contributed by atoms with E-state index < -0.39 is 35.2 Å². The Morgan fingerprint density at radius 1 is 1.02 bits per heavy atom. The Morgan fingerprint density at radius 3 is 2.38 bits per heavy atom. The molecule has 2 N–H and O–H groups in total. The van der Waals surface area contributed by atoms with Gasteiger partial charge in [-0.3, -0.25) is 19.4 Å². The van der Waals surface area contributed by atoms with E-state index in [1.165, 1.54) is 21.9 Å². The first-order chi connectivity index (χ1) is 18.9. The molecule has 1 saturated heterocycles. The van der Waals surface area contributed by atoms with Crippen LogP contribution in [0.1, 0.15) is 38.4 Å². The molecule has 1 unspecified atom stereocenters. The van der Waals surface area contributed by atoms with Gasteiger partial charge in [0, 0.05) is 43.4 Å². The predicted molar refractivity (Wildman–Crippen MR) is 139 cm³/mol. The van der Waals surface area contributed by atoms with E-state index in [1.807, 2.05) is 12.0 Å². The first-order valence-electron chi connectivity index (χ1n) is 12.4. The highest BCUT2D eigenvalue weighted by Crippen LogP contribution is 2.30. The second kappa shape index (κ2) is 11.8. The maximum atomic E-state index is 13.4. The second-order valence-electron chi connectivity index (χ2n) is 9.64. The Bertz CT molecular complexity index is 1460. The number of alkyl halides is 3. The zero-order valence-electron chi connectivity index (χ0n) is 21.8. The molecule has 0 bridgehead atoms. The lowest BCUT2D eigenvalue weighted by molar-refractivity contribution is -0.275. The highest BCUT2D eigenvalue weighted by molar-refractivity contribution is 5.95. The summed E-state index contributed by atoms with van der Waals surface area (Å²) in [5, 5.41) is 0. The number of hydrogen-bond acceptors (Lipinski definition) is 6. The minimum atomic E-state index is -5.07. The summed E-state index contributed by atoms with van der Waals surface area (Å²) in [5.41, 5.74) is -1.44. The first-order valence-corrected chi connectivity index (χ1v) is 12.4. The van der Waals surface area contributed by atoms with E-state index in [2.05, 4.69) is 14.6 Å². The number of aromatic nitrogens is 2. The average Bonchev–Trinajstić information content (AvgIpc) is 3.33. The fourth-order valence-electron chi connectivity index (χ4n) is 4.60. The molecule has 3 aromatic rings. The molecule has 0 saturated carbocycles. The van der Waals surface area contributed by atoms with Crippen molar-refractivity contribution in [2.45, 2.75) is 31.9 Å². The fraction of sp³-hybridized carbons (Fsp3) is 0.333. The molecular weight excluding hydrogens is 531 g/mol. The Labute approximate surface area is 227 Å². The number of ether oxygens (including phenoxy) is 1. The predicted octanol–water partition coefficient (Wildman–Crippen LogP) is 2.58. The summed E-state index contributed by atoms with van der Waals surface area (Å²) in [6, 6.07) is 13.2. The number of amides is 2. The Kier molecular flexibility index (Phi) is 8.43. The van der Waals surface area contributed by atoms with Gasteiger partial charge in [0.25, 0.3) is 17.4 Å². The van der Waals surface area contributed by atoms with Crippen molar-refractivity contribution in [2.75, 3.05) is 27.2 Å². The standard InChI is InChI=1S/C27H28F3N5O5/c1-33-11-10-20(16-33)34(2)24(37)18-8-9-19(22(12-18)40-27(28,29)30)15-35(14-17-6-4-3-5-7-17)25(38)21-13-23(36)32-26(39)31-21/h3-9,12-13,20H,10-11,14-16H2,1-2H3,(H2,31,32,36,39). The van der Waals surface area contributed by atoms with Crippen molar-refractivity contribution < 1.29 is 27.5 Å². The van der Waals surface area contributed by atoms with Crippen LogP contribution < -0.4 is 16.0 Å². The molecule has 2 heterocycles. The van der Waals surface area contributed by atoms with Crippen LogP contribution in [0.2, 0.25) is 0 Å². The number of benzene rings is 2. The van der Waals surface area contributed by atoms with E-state index in [-0.39, 0.29) is 36.0 Å². The molecule has 10 nitrogen and oxygen atoms in total. The van der Waals surface area contributed by atoms with Gasteiger partial charge < -0.3 is 24.4 Å². The summed E-state index contributed by atoms with van der Waals surface area (Å²) < 4.78 is 44.5. The number of rotatable bonds is 8. The van der Waals surface area contributed by atoms with Gasteiger partial charge in [-0.05, 0) is 37.7 Å². The second-order valence-corrected chi connectivity index (χ2v) is 9.64. The molecular formula is C27H28F3N5O5. The monoisotopic (exact) mass is 559 g/mol. The van der Waals surface area contributed by atoms with Gasteiger partial charge in [-0.15, -0.1) is 13.2 Å². The van der Waals surface area contributed by atoms with Crippen LogP contribution in [-0.2, 0) is 13.1 Å². The summed E-state index contributed by atoms with van der Waals surface area (Å²) in [6.07, 6.45) is -4.33. The number of halogens is 3. The summed E-state index contributed by atoms with van der Waals surface area (Å²) >= 11 is 0. The highest BCUT2D eigenvalue weighted by atomic mass is 19.4. The molecule has 1 atom stereocenters. The number of carbonyl (C=O) groups is 2. The molecule has 1 aliphatic rings. The molecule has 1 aliphatic heterocycles. The maximum Gasteiger partial charge on any atom is 0.573 e. The van der Waals surface area contributed by atoms with Crippen LogP contribution in [0.15, 0.2) is 64.2 Å². The van der Waals surface area contributed by atoms with E-state index >= 15 is 0 Å². The van der Waals surface area contributed by atoms with Gasteiger partial charge in [0.15, 0.2) is 0 Å². The number of likely N-dealkylation sites (N-methyl/N-ethyl adjacent to an activating group) is 2. The number of likely N-dealkylation sites (tertiary alicyclic amines) is 1. The molecule has 40 heavy (non-hydrogen) atoms. The van der Waals surface area contributed by atoms with Gasteiger partial charge in [0.1, 0.15) is 11.4 Å². The third kappa shape index (κ3) is 7.17. The number of carbonyl (C=O) groups excluding carboxylic acids is 2. The highest BCUT2D eigenvalue weighted by Gasteiger charge is 2.34. The van der Waals surface area contributed by atoms with Gasteiger partial charge >= 0.3 is 12.1 Å². The van der Waals surface area contributed by atoms with Crippen molar-refractivity contribution in [3.63, 3.8) is 0 Å². The van der Waals surface area contributed by atoms with E-state index in [4.69, 9.17) is 0 Å². The first kappa shape index (κ1) is 28.6. The topological polar surface area (TPSA) is 119 Å². The number of H-pyrrole nitrogens is 2. The lowest BCUT2D eigenvalue weighted by Crippen LogP contribution is -2.38. The van der Waals surface area contributed by atoms with Crippen molar-refractivity contribution in [3.05, 3.63) is 97.8 Å². The fourth-order valence-corrected chi connectivity index (χ4v) is 4.60. The van der Waals surface area contributed by atoms with Gasteiger partial charge in [0.05, 0.1) is 6.54 Å². The summed E-state index contributed by atoms with van der Waals surface area (Å²) in [5.74, 6) is -1.90. The molecule has 13 heteroatoms. The molecule has 2 aromatic carbocycles. The van der Waals surface area contributed by atoms with Crippen LogP contribution in [0.3, 0.4) is 0 Å². The average molecular weight is 560 g/mol. The minimum absolute atomic E-state index is 0.0000812. The van der Waals surface area contributed by atoms with Gasteiger partial charge in [-0.1, -0.05) is 36.4 Å². The molecule has 4 rings (SSSR count). The maximum absolute atomic E-state index is 13.4. The molecule has 1 aromatic heterocycles. The number of aromatic amines is 2. The number of hydrogen-bond donors (Lipinski definition) is 2. The van der Waals surface area contributed by atoms with Crippen LogP contribution in [0, 0.1) is 0 Å². The Balaban J connectivity index is 1.69. The van der Waals surface area contributed by atoms with Crippen LogP contribution >= 0.6 is 0 Å². The van der Waals surface area contributed by atoms with Crippen LogP contribution in [-0.4, -0.2) is 76.1 Å². The van der Waals surface area contributed by atoms with Crippen molar-refractivity contribution in [1.82, 2.24) is 24.7 Å². The van der Waals surface area contributed by atoms with Crippen LogP contribution in [0.4, 0.5) is 13.2 Å². The quantitative estimate of drug-likeness (QED) is 0.438. The van der Waals surface area contributed by atoms with Crippen molar-refractivity contribution >= 4 is 11.8 Å². The van der Waals surface area contributed by atoms with Crippen LogP contribution in [0.5, 0.6) is 5.75 Å². The lowest BCUT2D eigenvalue weighted by Gasteiger charge is -2.26. The van der Waals surface area contributed by atoms with E-state index in [9.17, 15) is 32.3 Å². The van der Waals surface area contributed by atoms with E-state index in [0.29, 0.717) is 12.1 Å². The zero-order valence-corrected chi connectivity index (χ0v) is 21.8. The Hall–Kier alpha value is -4.39. The molecule has 0 aliphatic carbocycles. The molecule has 0 radical (unpaired) electrons. The molecule has 1 fully saturated rings. The van der Waals surface area contributed by atoms with Gasteiger partial charge in [-0.25, -0.2) is 4.79 Å². The normalized spacial score (nSPS) is 15.6. The summed E-state index contributed by atoms with van der Waals surface area (Å²) in [6.45, 7) is 1.00. The summed E-state index contributed by atoms with van der Waals surface area (Å²) in [4.78, 5) is 59.0. The van der Waals surface area contributed by atoms with Gasteiger partial charge in [-0.2, -0.15) is 0 Å². The zero-order chi connectivity index (χ0) is 29.0. The third-order valence-electron chi connectivity index (χ3n) is 6.63. The van der Waals surface area contributed by atoms with Crippen LogP contribution in [0.25, 0.3) is 0 Å². The van der Waals surface area contributed by atoms with Crippen molar-refractivity contribution in [3.8, 4) is 5.75 Å².